The Bertz CT molecular complexity index is 1930. The van der Waals surface area contributed by atoms with Crippen molar-refractivity contribution in [2.45, 2.75) is 140 Å². The Morgan fingerprint density at radius 2 is 1.61 bits per heavy atom. The van der Waals surface area contributed by atoms with Gasteiger partial charge in [0.2, 0.25) is 41.0 Å². The number of nitrogens with one attached hydrogen (secondary N) is 3. The first kappa shape index (κ1) is 52.3. The van der Waals surface area contributed by atoms with E-state index in [1.54, 1.807) is 13.8 Å². The van der Waals surface area contributed by atoms with Gasteiger partial charge in [0.25, 0.3) is 5.91 Å². The van der Waals surface area contributed by atoms with E-state index in [1.165, 1.54) is 46.1 Å². The minimum Gasteiger partial charge on any atom is -0.373 e. The second-order valence-corrected chi connectivity index (χ2v) is 18.6. The van der Waals surface area contributed by atoms with Gasteiger partial charge in [0, 0.05) is 49.9 Å². The fourth-order valence-corrected chi connectivity index (χ4v) is 8.60. The number of benzene rings is 1. The van der Waals surface area contributed by atoms with Crippen LogP contribution in [0.15, 0.2) is 18.2 Å². The lowest BCUT2D eigenvalue weighted by atomic mass is 9.97. The number of fused-ring (bicyclic) bond motifs is 1. The van der Waals surface area contributed by atoms with Gasteiger partial charge in [-0.25, -0.2) is 8.78 Å². The monoisotopic (exact) mass is 953 g/mol. The van der Waals surface area contributed by atoms with Crippen molar-refractivity contribution in [1.29, 1.82) is 0 Å². The van der Waals surface area contributed by atoms with Gasteiger partial charge in [-0.05, 0) is 68.2 Å². The van der Waals surface area contributed by atoms with Gasteiger partial charge in [0.05, 0.1) is 13.1 Å². The molecule has 1 aromatic rings. The Hall–Kier alpha value is -4.30. The van der Waals surface area contributed by atoms with E-state index in [2.05, 4.69) is 16.0 Å². The highest BCUT2D eigenvalue weighted by Gasteiger charge is 2.59. The summed E-state index contributed by atoms with van der Waals surface area (Å²) in [6.45, 7) is 5.54. The molecular formula is C42H58Cl2F5N7O8. The number of amides is 7. The molecule has 3 fully saturated rings. The van der Waals surface area contributed by atoms with Crippen molar-refractivity contribution in [3.05, 3.63) is 33.8 Å². The van der Waals surface area contributed by atoms with Crippen LogP contribution in [0.4, 0.5) is 22.0 Å². The first-order chi connectivity index (χ1) is 29.7. The van der Waals surface area contributed by atoms with Crippen molar-refractivity contribution in [2.75, 3.05) is 33.7 Å². The SMILES string of the molecule is CC(C)C[C@@H]1NC(=O)[C@@H](N(C)C(=O)[C@@H](NC(=O)[C@@H]2C[C@@H](F)CN2C(=O)[C@@](C)(O)C(F)(F)F)C(C)C)CCCCNC(=O)[C@H]2C[C@@H](F)CN2C(=O)[C@H](Cc2cc(Cl)ccc2Cl)N(C)C1=O. The largest absolute Gasteiger partial charge is 0.426 e. The zero-order valence-corrected chi connectivity index (χ0v) is 38.3. The summed E-state index contributed by atoms with van der Waals surface area (Å²) in [7, 11) is 2.61. The van der Waals surface area contributed by atoms with Crippen LogP contribution in [0.5, 0.6) is 0 Å². The zero-order chi connectivity index (χ0) is 48.2. The van der Waals surface area contributed by atoms with E-state index < -0.39 is 127 Å². The smallest absolute Gasteiger partial charge is 0.373 e. The second kappa shape index (κ2) is 21.3. The minimum absolute atomic E-state index is 0.0360. The number of rotatable bonds is 10. The third-order valence-electron chi connectivity index (χ3n) is 12.0. The van der Waals surface area contributed by atoms with Gasteiger partial charge in [0.15, 0.2) is 0 Å². The maximum absolute atomic E-state index is 15.0. The predicted octanol–water partition coefficient (Wildman–Crippen LogP) is 3.35. The van der Waals surface area contributed by atoms with Crippen LogP contribution in [-0.4, -0.2) is 160 Å². The molecule has 4 rings (SSSR count). The molecule has 4 N–H and O–H groups in total. The van der Waals surface area contributed by atoms with E-state index in [-0.39, 0.29) is 72.9 Å². The normalized spacial score (nSPS) is 27.0. The molecule has 1 aromatic carbocycles. The summed E-state index contributed by atoms with van der Waals surface area (Å²) in [5, 5.41) is 18.4. The number of likely N-dealkylation sites (tertiary alicyclic amines) is 1. The predicted molar refractivity (Wildman–Crippen MR) is 225 cm³/mol. The summed E-state index contributed by atoms with van der Waals surface area (Å²) in [5.41, 5.74) is -3.57. The number of halogens is 7. The van der Waals surface area contributed by atoms with Crippen molar-refractivity contribution in [3.63, 3.8) is 0 Å². The van der Waals surface area contributed by atoms with Crippen molar-refractivity contribution >= 4 is 64.6 Å². The molecule has 22 heteroatoms. The lowest BCUT2D eigenvalue weighted by Gasteiger charge is -2.37. The number of carbonyl (C=O) groups is 7. The van der Waals surface area contributed by atoms with E-state index in [0.29, 0.717) is 5.56 Å². The van der Waals surface area contributed by atoms with Gasteiger partial charge in [-0.3, -0.25) is 33.6 Å². The molecule has 7 amide bonds. The van der Waals surface area contributed by atoms with E-state index in [4.69, 9.17) is 23.2 Å². The summed E-state index contributed by atoms with van der Waals surface area (Å²) >= 11 is 12.8. The molecule has 15 nitrogen and oxygen atoms in total. The highest BCUT2D eigenvalue weighted by atomic mass is 35.5. The number of nitrogens with zero attached hydrogens (tertiary/aromatic N) is 4. The molecule has 358 valence electrons. The molecule has 3 saturated heterocycles. The Morgan fingerprint density at radius 1 is 0.969 bits per heavy atom. The molecule has 9 atom stereocenters. The van der Waals surface area contributed by atoms with Crippen LogP contribution in [0, 0.1) is 11.8 Å². The molecule has 64 heavy (non-hydrogen) atoms. The fraction of sp³-hybridized carbons (Fsp3) is 0.690. The molecule has 0 aromatic heterocycles. The summed E-state index contributed by atoms with van der Waals surface area (Å²) < 4.78 is 70.5. The topological polar surface area (TPSA) is 189 Å². The number of carbonyl (C=O) groups excluding carboxylic acids is 7. The first-order valence-corrected chi connectivity index (χ1v) is 22.0. The molecule has 0 bridgehead atoms. The van der Waals surface area contributed by atoms with Crippen molar-refractivity contribution in [1.82, 2.24) is 35.6 Å². The molecule has 0 radical (unpaired) electrons. The maximum Gasteiger partial charge on any atom is 0.426 e. The number of likely N-dealkylation sites (N-methyl/N-ethyl adjacent to an activating group) is 2. The summed E-state index contributed by atoms with van der Waals surface area (Å²) in [6, 6.07) is -3.93. The van der Waals surface area contributed by atoms with Crippen LogP contribution in [0.1, 0.15) is 78.7 Å². The molecule has 3 aliphatic rings. The average molecular weight is 955 g/mol. The number of hydrogen-bond donors (Lipinski definition) is 4. The van der Waals surface area contributed by atoms with Crippen LogP contribution >= 0.6 is 23.2 Å². The lowest BCUT2D eigenvalue weighted by Crippen LogP contribution is -2.62. The molecule has 0 saturated carbocycles. The van der Waals surface area contributed by atoms with E-state index in [1.807, 2.05) is 0 Å². The fourth-order valence-electron chi connectivity index (χ4n) is 8.21. The second-order valence-electron chi connectivity index (χ2n) is 17.8. The molecule has 3 heterocycles. The van der Waals surface area contributed by atoms with E-state index in [9.17, 15) is 56.2 Å². The Kier molecular flexibility index (Phi) is 17.4. The van der Waals surface area contributed by atoms with E-state index >= 15 is 4.39 Å². The van der Waals surface area contributed by atoms with Gasteiger partial charge in [-0.1, -0.05) is 50.9 Å². The molecule has 0 aliphatic carbocycles. The summed E-state index contributed by atoms with van der Waals surface area (Å²) in [5.74, 6) is -7.81. The molecular weight excluding hydrogens is 896 g/mol. The first-order valence-electron chi connectivity index (χ1n) is 21.2. The quantitative estimate of drug-likeness (QED) is 0.257. The van der Waals surface area contributed by atoms with Gasteiger partial charge < -0.3 is 40.7 Å². The Morgan fingerprint density at radius 3 is 2.22 bits per heavy atom. The minimum atomic E-state index is -5.45. The third kappa shape index (κ3) is 12.1. The Labute approximate surface area is 379 Å². The van der Waals surface area contributed by atoms with Gasteiger partial charge in [-0.2, -0.15) is 13.2 Å². The lowest BCUT2D eigenvalue weighted by molar-refractivity contribution is -0.250. The highest BCUT2D eigenvalue weighted by molar-refractivity contribution is 6.33. The summed E-state index contributed by atoms with van der Waals surface area (Å²) in [6.07, 6.45) is -9.66. The number of hydrogen-bond acceptors (Lipinski definition) is 8. The van der Waals surface area contributed by atoms with Gasteiger partial charge in [0.1, 0.15) is 48.6 Å². The molecule has 0 spiro atoms. The van der Waals surface area contributed by atoms with Crippen molar-refractivity contribution < 1.29 is 60.6 Å². The number of alkyl halides is 5. The zero-order valence-electron chi connectivity index (χ0n) is 36.8. The van der Waals surface area contributed by atoms with Crippen molar-refractivity contribution in [3.8, 4) is 0 Å². The third-order valence-corrected chi connectivity index (χ3v) is 12.6. The van der Waals surface area contributed by atoms with Gasteiger partial charge >= 0.3 is 6.18 Å². The van der Waals surface area contributed by atoms with Crippen LogP contribution in [0.2, 0.25) is 10.0 Å². The molecule has 0 unspecified atom stereocenters. The van der Waals surface area contributed by atoms with Crippen LogP contribution < -0.4 is 16.0 Å². The van der Waals surface area contributed by atoms with Crippen LogP contribution in [0.25, 0.3) is 0 Å². The summed E-state index contributed by atoms with van der Waals surface area (Å²) in [4.78, 5) is 101. The average Bonchev–Trinajstić information content (AvgIpc) is 3.80. The van der Waals surface area contributed by atoms with Gasteiger partial charge in [-0.15, -0.1) is 0 Å². The molecule has 3 aliphatic heterocycles. The maximum atomic E-state index is 15.0. The highest BCUT2D eigenvalue weighted by Crippen LogP contribution is 2.35. The number of aliphatic hydroxyl groups is 1. The van der Waals surface area contributed by atoms with Crippen molar-refractivity contribution in [2.24, 2.45) is 11.8 Å². The van der Waals surface area contributed by atoms with Crippen LogP contribution in [0.3, 0.4) is 0 Å². The standard InChI is InChI=1S/C42H58Cl2F5N7O8/c1-21(2)14-28-37(60)54(7)32(16-23-15-24(43)11-12-27(23)44)38(61)55-19-25(45)17-30(55)34(57)50-13-9-8-10-29(35(58)51-28)53(6)39(62)33(22(3)4)52-36(59)31-18-26(46)20-56(31)40(63)41(5,64)42(47,48)49/h11-12,15,21-22,25-26,28-33,64H,8-10,13-14,16-20H2,1-7H3,(H,50,57)(H,51,58)(H,52,59)/t25-,26-,28+,29+,30-,31+,32+,33+,41-/m1/s1. The van der Waals surface area contributed by atoms with E-state index in [0.717, 1.165) is 14.7 Å². The van der Waals surface area contributed by atoms with Crippen LogP contribution in [-0.2, 0) is 40.0 Å². The Balaban J connectivity index is 1.68.